The summed E-state index contributed by atoms with van der Waals surface area (Å²) in [6, 6.07) is 0. The molecule has 0 spiro atoms. The summed E-state index contributed by atoms with van der Waals surface area (Å²) >= 11 is 8.54. The minimum Gasteiger partial charge on any atom is -0.281 e. The first-order valence-electron chi connectivity index (χ1n) is 2.41. The number of halogens is 2. The summed E-state index contributed by atoms with van der Waals surface area (Å²) in [6.45, 7) is 1.86. The molecule has 0 saturated heterocycles. The summed E-state index contributed by atoms with van der Waals surface area (Å²) in [4.78, 5) is 10.8. The van der Waals surface area contributed by atoms with E-state index in [4.69, 9.17) is 11.6 Å². The number of rotatable bonds is 1. The van der Waals surface area contributed by atoms with Crippen molar-refractivity contribution in [2.45, 2.75) is 18.2 Å². The summed E-state index contributed by atoms with van der Waals surface area (Å²) in [7, 11) is 0. The Bertz CT molecular complexity index is 136. The second-order valence-electron chi connectivity index (χ2n) is 2.36. The minimum atomic E-state index is -0.248. The van der Waals surface area contributed by atoms with Gasteiger partial charge in [-0.1, -0.05) is 22.9 Å². The Morgan fingerprint density at radius 3 is 2.38 bits per heavy atom. The van der Waals surface area contributed by atoms with E-state index in [0.717, 1.165) is 6.42 Å². The molecule has 0 radical (unpaired) electrons. The van der Waals surface area contributed by atoms with Gasteiger partial charge in [0, 0.05) is 4.83 Å². The summed E-state index contributed by atoms with van der Waals surface area (Å²) in [6.07, 6.45) is 0.884. The normalized spacial score (nSPS) is 44.1. The van der Waals surface area contributed by atoms with Crippen molar-refractivity contribution in [1.82, 2.24) is 0 Å². The highest BCUT2D eigenvalue weighted by Gasteiger charge is 2.53. The third-order valence-electron chi connectivity index (χ3n) is 1.58. The molecule has 0 amide bonds. The third kappa shape index (κ3) is 0.799. The van der Waals surface area contributed by atoms with Crippen LogP contribution in [0.25, 0.3) is 0 Å². The molecule has 1 nitrogen and oxygen atoms in total. The van der Waals surface area contributed by atoms with Gasteiger partial charge in [0.05, 0.1) is 5.41 Å². The van der Waals surface area contributed by atoms with Crippen molar-refractivity contribution < 1.29 is 4.79 Å². The minimum absolute atomic E-state index is 0.223. The van der Waals surface area contributed by atoms with Crippen LogP contribution >= 0.6 is 27.5 Å². The predicted molar refractivity (Wildman–Crippen MR) is 36.3 cm³/mol. The quantitative estimate of drug-likeness (QED) is 0.464. The second kappa shape index (κ2) is 1.71. The van der Waals surface area contributed by atoms with Gasteiger partial charge in [0.15, 0.2) is 0 Å². The summed E-state index contributed by atoms with van der Waals surface area (Å²) < 4.78 is 0. The first kappa shape index (κ1) is 6.56. The van der Waals surface area contributed by atoms with E-state index in [9.17, 15) is 4.79 Å². The molecule has 3 heteroatoms. The van der Waals surface area contributed by atoms with Crippen LogP contribution in [0, 0.1) is 5.41 Å². The van der Waals surface area contributed by atoms with Crippen molar-refractivity contribution in [3.8, 4) is 0 Å². The van der Waals surface area contributed by atoms with Gasteiger partial charge in [0.25, 0.3) is 0 Å². The van der Waals surface area contributed by atoms with Crippen LogP contribution in [0.3, 0.4) is 0 Å². The lowest BCUT2D eigenvalue weighted by atomic mass is 10.2. The van der Waals surface area contributed by atoms with Gasteiger partial charge in [0.2, 0.25) is 5.24 Å². The molecule has 0 aliphatic heterocycles. The van der Waals surface area contributed by atoms with Gasteiger partial charge in [-0.25, -0.2) is 0 Å². The zero-order valence-corrected chi connectivity index (χ0v) is 6.79. The molecule has 0 aromatic rings. The summed E-state index contributed by atoms with van der Waals surface area (Å²) in [5.74, 6) is 0. The Kier molecular flexibility index (Phi) is 1.40. The highest BCUT2D eigenvalue weighted by atomic mass is 79.9. The largest absolute Gasteiger partial charge is 0.281 e. The van der Waals surface area contributed by atoms with E-state index in [0.29, 0.717) is 4.83 Å². The lowest BCUT2D eigenvalue weighted by molar-refractivity contribution is -0.115. The topological polar surface area (TPSA) is 17.1 Å². The monoisotopic (exact) mass is 196 g/mol. The molecule has 0 aromatic heterocycles. The molecular formula is C5H6BrClO. The molecule has 46 valence electrons. The number of alkyl halides is 1. The Hall–Kier alpha value is 0.440. The number of carbonyl (C=O) groups is 1. The Balaban J connectivity index is 2.60. The van der Waals surface area contributed by atoms with Crippen molar-refractivity contribution in [2.75, 3.05) is 0 Å². The molecule has 2 atom stereocenters. The molecule has 8 heavy (non-hydrogen) atoms. The molecule has 0 bridgehead atoms. The lowest BCUT2D eigenvalue weighted by Crippen LogP contribution is -2.06. The van der Waals surface area contributed by atoms with E-state index in [1.165, 1.54) is 0 Å². The average molecular weight is 197 g/mol. The molecule has 2 unspecified atom stereocenters. The van der Waals surface area contributed by atoms with Crippen LogP contribution in [0.15, 0.2) is 0 Å². The lowest BCUT2D eigenvalue weighted by Gasteiger charge is -1.96. The van der Waals surface area contributed by atoms with Gasteiger partial charge in [-0.3, -0.25) is 4.79 Å². The maximum Gasteiger partial charge on any atom is 0.228 e. The zero-order valence-electron chi connectivity index (χ0n) is 4.45. The van der Waals surface area contributed by atoms with E-state index in [2.05, 4.69) is 15.9 Å². The van der Waals surface area contributed by atoms with Gasteiger partial charge in [0.1, 0.15) is 0 Å². The fourth-order valence-corrected chi connectivity index (χ4v) is 1.74. The molecule has 1 rings (SSSR count). The number of hydrogen-bond acceptors (Lipinski definition) is 1. The van der Waals surface area contributed by atoms with Crippen molar-refractivity contribution in [1.29, 1.82) is 0 Å². The maximum absolute atomic E-state index is 10.5. The van der Waals surface area contributed by atoms with Gasteiger partial charge in [-0.15, -0.1) is 0 Å². The summed E-state index contributed by atoms with van der Waals surface area (Å²) in [5.41, 5.74) is -0.248. The van der Waals surface area contributed by atoms with Crippen molar-refractivity contribution in [3.63, 3.8) is 0 Å². The van der Waals surface area contributed by atoms with E-state index in [1.54, 1.807) is 0 Å². The molecule has 1 aliphatic carbocycles. The zero-order chi connectivity index (χ0) is 6.36. The highest BCUT2D eigenvalue weighted by molar-refractivity contribution is 9.09. The fraction of sp³-hybridized carbons (Fsp3) is 0.800. The maximum atomic E-state index is 10.5. The third-order valence-corrected chi connectivity index (χ3v) is 3.35. The average Bonchev–Trinajstić information content (AvgIpc) is 2.17. The molecule has 0 aromatic carbocycles. The van der Waals surface area contributed by atoms with Crippen molar-refractivity contribution in [2.24, 2.45) is 5.41 Å². The van der Waals surface area contributed by atoms with Crippen LogP contribution in [-0.4, -0.2) is 10.1 Å². The Morgan fingerprint density at radius 2 is 2.38 bits per heavy atom. The summed E-state index contributed by atoms with van der Waals surface area (Å²) in [5, 5.41) is -0.223. The molecule has 1 aliphatic rings. The smallest absolute Gasteiger partial charge is 0.228 e. The van der Waals surface area contributed by atoms with Crippen molar-refractivity contribution >= 4 is 32.8 Å². The van der Waals surface area contributed by atoms with Crippen LogP contribution in [0.2, 0.25) is 0 Å². The van der Waals surface area contributed by atoms with E-state index >= 15 is 0 Å². The molecule has 0 N–H and O–H groups in total. The van der Waals surface area contributed by atoms with Crippen LogP contribution in [-0.2, 0) is 4.79 Å². The van der Waals surface area contributed by atoms with Crippen molar-refractivity contribution in [3.05, 3.63) is 0 Å². The van der Waals surface area contributed by atoms with Crippen LogP contribution in [0.5, 0.6) is 0 Å². The second-order valence-corrected chi connectivity index (χ2v) is 3.81. The SMILES string of the molecule is CC1(C(=O)Cl)CC1Br. The standard InChI is InChI=1S/C5H6BrClO/c1-5(4(7)8)2-3(5)6/h3H,2H2,1H3. The van der Waals surface area contributed by atoms with Gasteiger partial charge >= 0.3 is 0 Å². The molecule has 1 saturated carbocycles. The first-order valence-corrected chi connectivity index (χ1v) is 3.71. The van der Waals surface area contributed by atoms with Crippen LogP contribution in [0.1, 0.15) is 13.3 Å². The molecular weight excluding hydrogens is 191 g/mol. The predicted octanol–water partition coefficient (Wildman–Crippen LogP) is 1.93. The highest BCUT2D eigenvalue weighted by Crippen LogP contribution is 2.52. The number of hydrogen-bond donors (Lipinski definition) is 0. The Morgan fingerprint density at radius 1 is 2.00 bits per heavy atom. The first-order chi connectivity index (χ1) is 3.57. The van der Waals surface area contributed by atoms with Gasteiger partial charge in [-0.2, -0.15) is 0 Å². The molecule has 0 heterocycles. The van der Waals surface area contributed by atoms with E-state index in [1.807, 2.05) is 6.92 Å². The van der Waals surface area contributed by atoms with Gasteiger partial charge < -0.3 is 0 Å². The fourth-order valence-electron chi connectivity index (χ4n) is 0.517. The van der Waals surface area contributed by atoms with Gasteiger partial charge in [-0.05, 0) is 18.0 Å². The molecule has 1 fully saturated rings. The van der Waals surface area contributed by atoms with E-state index < -0.39 is 0 Å². The van der Waals surface area contributed by atoms with E-state index in [-0.39, 0.29) is 10.7 Å². The Labute approximate surface area is 61.5 Å². The van der Waals surface area contributed by atoms with Crippen LogP contribution in [0.4, 0.5) is 0 Å². The van der Waals surface area contributed by atoms with Crippen LogP contribution < -0.4 is 0 Å². The number of carbonyl (C=O) groups excluding carboxylic acids is 1.